The van der Waals surface area contributed by atoms with Gasteiger partial charge in [0.15, 0.2) is 0 Å². The van der Waals surface area contributed by atoms with Crippen molar-refractivity contribution in [1.82, 2.24) is 5.32 Å². The fourth-order valence-corrected chi connectivity index (χ4v) is 3.28. The molecule has 0 saturated heterocycles. The summed E-state index contributed by atoms with van der Waals surface area (Å²) in [4.78, 5) is 12.3. The first-order valence-electron chi connectivity index (χ1n) is 6.56. The number of benzene rings is 1. The normalized spacial score (nSPS) is 22.5. The summed E-state index contributed by atoms with van der Waals surface area (Å²) in [5, 5.41) is 3.22. The highest BCUT2D eigenvalue weighted by Gasteiger charge is 2.33. The summed E-state index contributed by atoms with van der Waals surface area (Å²) in [6.07, 6.45) is 4.80. The lowest BCUT2D eigenvalue weighted by atomic mass is 9.73. The van der Waals surface area contributed by atoms with E-state index in [1.54, 1.807) is 0 Å². The van der Waals surface area contributed by atoms with Crippen LogP contribution in [0.15, 0.2) is 24.3 Å². The molecule has 1 amide bonds. The fraction of sp³-hybridized carbons (Fsp3) is 0.533. The molecule has 3 heteroatoms. The Morgan fingerprint density at radius 2 is 2.06 bits per heavy atom. The molecule has 2 rings (SSSR count). The molecule has 1 saturated carbocycles. The lowest BCUT2D eigenvalue weighted by Gasteiger charge is -2.39. The maximum atomic E-state index is 12.3. The minimum absolute atomic E-state index is 0.0694. The molecule has 1 N–H and O–H groups in total. The van der Waals surface area contributed by atoms with Crippen molar-refractivity contribution >= 4 is 28.5 Å². The van der Waals surface area contributed by atoms with Crippen LogP contribution < -0.4 is 5.32 Å². The van der Waals surface area contributed by atoms with Crippen LogP contribution in [0.1, 0.15) is 49.9 Å². The third-order valence-corrected chi connectivity index (χ3v) is 4.87. The van der Waals surface area contributed by atoms with Gasteiger partial charge in [-0.15, -0.1) is 0 Å². The molecule has 0 spiro atoms. The molecule has 18 heavy (non-hydrogen) atoms. The molecule has 1 unspecified atom stereocenters. The fourth-order valence-electron chi connectivity index (χ4n) is 2.64. The van der Waals surface area contributed by atoms with Crippen LogP contribution in [0.4, 0.5) is 0 Å². The van der Waals surface area contributed by atoms with Gasteiger partial charge in [0, 0.05) is 9.61 Å². The Bertz CT molecular complexity index is 442. The molecule has 1 aromatic carbocycles. The summed E-state index contributed by atoms with van der Waals surface area (Å²) in [5.74, 6) is 0.0694. The van der Waals surface area contributed by atoms with E-state index < -0.39 is 0 Å². The Labute approximate surface area is 123 Å². The number of carbonyl (C=O) groups excluding carboxylic acids is 1. The van der Waals surface area contributed by atoms with Gasteiger partial charge in [0.1, 0.15) is 0 Å². The van der Waals surface area contributed by atoms with E-state index in [0.29, 0.717) is 6.04 Å². The Balaban J connectivity index is 2.10. The second-order valence-corrected chi connectivity index (χ2v) is 6.90. The second-order valence-electron chi connectivity index (χ2n) is 5.74. The molecule has 0 heterocycles. The number of carbonyl (C=O) groups is 1. The third-order valence-electron chi connectivity index (χ3n) is 3.93. The lowest BCUT2D eigenvalue weighted by Crippen LogP contribution is -2.46. The van der Waals surface area contributed by atoms with Crippen LogP contribution in [0.25, 0.3) is 0 Å². The minimum atomic E-state index is 0.0694. The molecule has 1 aliphatic rings. The topological polar surface area (TPSA) is 29.1 Å². The molecule has 0 bridgehead atoms. The minimum Gasteiger partial charge on any atom is -0.349 e. The molecular weight excluding hydrogens is 337 g/mol. The lowest BCUT2D eigenvalue weighted by molar-refractivity contribution is 0.0852. The van der Waals surface area contributed by atoms with Crippen LogP contribution in [-0.2, 0) is 0 Å². The Kier molecular flexibility index (Phi) is 4.30. The summed E-state index contributed by atoms with van der Waals surface area (Å²) in [6, 6.07) is 8.05. The van der Waals surface area contributed by atoms with Crippen molar-refractivity contribution in [3.8, 4) is 0 Å². The van der Waals surface area contributed by atoms with Gasteiger partial charge in [-0.05, 0) is 53.0 Å². The Hall–Kier alpha value is -0.580. The zero-order valence-corrected chi connectivity index (χ0v) is 13.2. The smallest absolute Gasteiger partial charge is 0.252 e. The van der Waals surface area contributed by atoms with Crippen LogP contribution in [0.5, 0.6) is 0 Å². The summed E-state index contributed by atoms with van der Waals surface area (Å²) in [5.41, 5.74) is 1.01. The highest BCUT2D eigenvalue weighted by molar-refractivity contribution is 14.1. The first-order chi connectivity index (χ1) is 8.50. The van der Waals surface area contributed by atoms with Crippen molar-refractivity contribution in [3.05, 3.63) is 33.4 Å². The van der Waals surface area contributed by atoms with E-state index in [1.807, 2.05) is 24.3 Å². The Morgan fingerprint density at radius 1 is 1.33 bits per heavy atom. The van der Waals surface area contributed by atoms with Gasteiger partial charge in [-0.3, -0.25) is 4.79 Å². The van der Waals surface area contributed by atoms with E-state index in [2.05, 4.69) is 41.8 Å². The van der Waals surface area contributed by atoms with Gasteiger partial charge < -0.3 is 5.32 Å². The average molecular weight is 357 g/mol. The Morgan fingerprint density at radius 3 is 2.72 bits per heavy atom. The third kappa shape index (κ3) is 3.05. The molecule has 1 atom stereocenters. The van der Waals surface area contributed by atoms with E-state index in [1.165, 1.54) is 19.3 Å². The number of hydrogen-bond donors (Lipinski definition) is 1. The molecule has 0 radical (unpaired) electrons. The number of amides is 1. The van der Waals surface area contributed by atoms with Gasteiger partial charge >= 0.3 is 0 Å². The monoisotopic (exact) mass is 357 g/mol. The highest BCUT2D eigenvalue weighted by Crippen LogP contribution is 2.35. The molecule has 98 valence electrons. The zero-order chi connectivity index (χ0) is 13.2. The zero-order valence-electron chi connectivity index (χ0n) is 11.0. The summed E-state index contributed by atoms with van der Waals surface area (Å²) in [6.45, 7) is 4.51. The van der Waals surface area contributed by atoms with Gasteiger partial charge in [-0.1, -0.05) is 38.8 Å². The molecule has 0 aromatic heterocycles. The van der Waals surface area contributed by atoms with Crippen LogP contribution in [0.3, 0.4) is 0 Å². The average Bonchev–Trinajstić information content (AvgIpc) is 2.32. The van der Waals surface area contributed by atoms with Crippen LogP contribution in [0, 0.1) is 8.99 Å². The van der Waals surface area contributed by atoms with Crippen molar-refractivity contribution in [2.75, 3.05) is 0 Å². The van der Waals surface area contributed by atoms with Crippen LogP contribution in [0.2, 0.25) is 0 Å². The highest BCUT2D eigenvalue weighted by atomic mass is 127. The van der Waals surface area contributed by atoms with E-state index in [0.717, 1.165) is 15.6 Å². The predicted molar refractivity (Wildman–Crippen MR) is 82.7 cm³/mol. The summed E-state index contributed by atoms with van der Waals surface area (Å²) < 4.78 is 1.02. The molecule has 1 aliphatic carbocycles. The van der Waals surface area contributed by atoms with Gasteiger partial charge in [0.05, 0.1) is 5.56 Å². The van der Waals surface area contributed by atoms with E-state index >= 15 is 0 Å². The number of nitrogens with one attached hydrogen (secondary N) is 1. The standard InChI is InChI=1S/C15H20INO/c1-15(2)10-6-5-9-13(15)17-14(18)11-7-3-4-8-12(11)16/h3-4,7-8,13H,5-6,9-10H2,1-2H3,(H,17,18). The van der Waals surface area contributed by atoms with Gasteiger partial charge in [-0.2, -0.15) is 0 Å². The summed E-state index contributed by atoms with van der Waals surface area (Å²) >= 11 is 2.22. The molecule has 2 nitrogen and oxygen atoms in total. The molecule has 1 aromatic rings. The van der Waals surface area contributed by atoms with Gasteiger partial charge in [0.25, 0.3) is 5.91 Å². The van der Waals surface area contributed by atoms with Crippen molar-refractivity contribution in [2.24, 2.45) is 5.41 Å². The number of rotatable bonds is 2. The largest absolute Gasteiger partial charge is 0.349 e. The van der Waals surface area contributed by atoms with Crippen LogP contribution in [-0.4, -0.2) is 11.9 Å². The second kappa shape index (κ2) is 5.59. The number of hydrogen-bond acceptors (Lipinski definition) is 1. The van der Waals surface area contributed by atoms with E-state index in [-0.39, 0.29) is 11.3 Å². The molecule has 0 aliphatic heterocycles. The van der Waals surface area contributed by atoms with Gasteiger partial charge in [0.2, 0.25) is 0 Å². The van der Waals surface area contributed by atoms with Crippen LogP contribution >= 0.6 is 22.6 Å². The first-order valence-corrected chi connectivity index (χ1v) is 7.64. The van der Waals surface area contributed by atoms with Gasteiger partial charge in [-0.25, -0.2) is 0 Å². The predicted octanol–water partition coefficient (Wildman–Crippen LogP) is 3.99. The first kappa shape index (κ1) is 13.8. The molecular formula is C15H20INO. The van der Waals surface area contributed by atoms with Crippen molar-refractivity contribution in [3.63, 3.8) is 0 Å². The van der Waals surface area contributed by atoms with Crippen molar-refractivity contribution < 1.29 is 4.79 Å². The van der Waals surface area contributed by atoms with Crippen molar-refractivity contribution in [1.29, 1.82) is 0 Å². The maximum Gasteiger partial charge on any atom is 0.252 e. The number of halogens is 1. The maximum absolute atomic E-state index is 12.3. The van der Waals surface area contributed by atoms with Crippen molar-refractivity contribution in [2.45, 2.75) is 45.6 Å². The SMILES string of the molecule is CC1(C)CCCCC1NC(=O)c1ccccc1I. The quantitative estimate of drug-likeness (QED) is 0.797. The summed E-state index contributed by atoms with van der Waals surface area (Å²) in [7, 11) is 0. The van der Waals surface area contributed by atoms with E-state index in [4.69, 9.17) is 0 Å². The van der Waals surface area contributed by atoms with E-state index in [9.17, 15) is 4.79 Å². The molecule has 1 fully saturated rings.